The summed E-state index contributed by atoms with van der Waals surface area (Å²) in [6.45, 7) is 9.78. The number of hydrogen-bond donors (Lipinski definition) is 1. The molecule has 1 fully saturated rings. The van der Waals surface area contributed by atoms with Gasteiger partial charge in [0.15, 0.2) is 5.16 Å². The highest BCUT2D eigenvalue weighted by Crippen LogP contribution is 2.25. The van der Waals surface area contributed by atoms with Crippen LogP contribution >= 0.6 is 11.8 Å². The van der Waals surface area contributed by atoms with Crippen LogP contribution in [-0.2, 0) is 16.1 Å². The second-order valence-electron chi connectivity index (χ2n) is 7.26. The maximum Gasteiger partial charge on any atom is 0.230 e. The Morgan fingerprint density at radius 3 is 2.55 bits per heavy atom. The third-order valence-electron chi connectivity index (χ3n) is 4.85. The summed E-state index contributed by atoms with van der Waals surface area (Å²) in [5.41, 5.74) is 0.895. The van der Waals surface area contributed by atoms with Gasteiger partial charge in [0.05, 0.1) is 25.0 Å². The van der Waals surface area contributed by atoms with Crippen LogP contribution in [0.15, 0.2) is 29.4 Å². The molecule has 1 unspecified atom stereocenters. The molecule has 3 rings (SSSR count). The Morgan fingerprint density at radius 2 is 1.93 bits per heavy atom. The van der Waals surface area contributed by atoms with Crippen molar-refractivity contribution in [3.63, 3.8) is 0 Å². The Morgan fingerprint density at radius 1 is 1.24 bits per heavy atom. The third-order valence-corrected chi connectivity index (χ3v) is 5.82. The van der Waals surface area contributed by atoms with Crippen LogP contribution in [0.25, 0.3) is 0 Å². The Kier molecular flexibility index (Phi) is 7.49. The van der Waals surface area contributed by atoms with Crippen LogP contribution in [0.3, 0.4) is 0 Å². The molecule has 1 aliphatic heterocycles. The van der Waals surface area contributed by atoms with Gasteiger partial charge < -0.3 is 15.0 Å². The standard InChI is InChI=1S/C20H28FN5O2S/c1-4-26-19(25-9-11-28-12-10-25)23-24-20(26)29-13-17(27)22-18(14(2)3)15-5-7-16(21)8-6-15/h5-8,14,18H,4,9-13H2,1-3H3,(H,22,27). The second-order valence-corrected chi connectivity index (χ2v) is 8.20. The van der Waals surface area contributed by atoms with Crippen LogP contribution in [-0.4, -0.2) is 52.7 Å². The normalized spacial score (nSPS) is 15.6. The van der Waals surface area contributed by atoms with Crippen molar-refractivity contribution in [1.82, 2.24) is 20.1 Å². The van der Waals surface area contributed by atoms with Gasteiger partial charge in [-0.15, -0.1) is 10.2 Å². The van der Waals surface area contributed by atoms with E-state index in [1.807, 2.05) is 25.3 Å². The number of halogens is 1. The van der Waals surface area contributed by atoms with E-state index in [-0.39, 0.29) is 29.4 Å². The molecule has 0 saturated carbocycles. The fourth-order valence-corrected chi connectivity index (χ4v) is 4.12. The van der Waals surface area contributed by atoms with Gasteiger partial charge in [-0.1, -0.05) is 37.7 Å². The number of morpholine rings is 1. The number of anilines is 1. The van der Waals surface area contributed by atoms with Crippen molar-refractivity contribution in [1.29, 1.82) is 0 Å². The van der Waals surface area contributed by atoms with E-state index >= 15 is 0 Å². The molecule has 29 heavy (non-hydrogen) atoms. The summed E-state index contributed by atoms with van der Waals surface area (Å²) >= 11 is 1.38. The van der Waals surface area contributed by atoms with Crippen molar-refractivity contribution >= 4 is 23.6 Å². The van der Waals surface area contributed by atoms with Crippen LogP contribution in [0.2, 0.25) is 0 Å². The van der Waals surface area contributed by atoms with Crippen molar-refractivity contribution in [2.24, 2.45) is 5.92 Å². The van der Waals surface area contributed by atoms with Gasteiger partial charge in [0.1, 0.15) is 5.82 Å². The van der Waals surface area contributed by atoms with Gasteiger partial charge in [0.25, 0.3) is 0 Å². The van der Waals surface area contributed by atoms with Crippen LogP contribution in [0.5, 0.6) is 0 Å². The summed E-state index contributed by atoms with van der Waals surface area (Å²) in [7, 11) is 0. The predicted octanol–water partition coefficient (Wildman–Crippen LogP) is 2.88. The van der Waals surface area contributed by atoms with E-state index in [0.717, 1.165) is 36.3 Å². The van der Waals surface area contributed by atoms with E-state index in [4.69, 9.17) is 4.74 Å². The molecule has 1 N–H and O–H groups in total. The minimum Gasteiger partial charge on any atom is -0.378 e. The zero-order valence-electron chi connectivity index (χ0n) is 17.1. The first-order valence-corrected chi connectivity index (χ1v) is 10.9. The van der Waals surface area contributed by atoms with Crippen molar-refractivity contribution in [2.75, 3.05) is 37.0 Å². The smallest absolute Gasteiger partial charge is 0.230 e. The maximum atomic E-state index is 13.2. The van der Waals surface area contributed by atoms with Crippen molar-refractivity contribution < 1.29 is 13.9 Å². The number of thioether (sulfide) groups is 1. The van der Waals surface area contributed by atoms with Gasteiger partial charge in [-0.05, 0) is 30.5 Å². The van der Waals surface area contributed by atoms with Crippen molar-refractivity contribution in [3.8, 4) is 0 Å². The van der Waals surface area contributed by atoms with Crippen molar-refractivity contribution in [3.05, 3.63) is 35.6 Å². The van der Waals surface area contributed by atoms with Crippen LogP contribution in [0, 0.1) is 11.7 Å². The topological polar surface area (TPSA) is 72.3 Å². The van der Waals surface area contributed by atoms with Gasteiger partial charge in [0, 0.05) is 19.6 Å². The SMILES string of the molecule is CCn1c(SCC(=O)NC(c2ccc(F)cc2)C(C)C)nnc1N1CCOCC1. The molecule has 1 amide bonds. The number of carbonyl (C=O) groups is 1. The number of benzene rings is 1. The molecule has 1 aliphatic rings. The number of hydrogen-bond acceptors (Lipinski definition) is 6. The third kappa shape index (κ3) is 5.48. The number of nitrogens with zero attached hydrogens (tertiary/aromatic N) is 4. The molecular formula is C20H28FN5O2S. The number of nitrogens with one attached hydrogen (secondary N) is 1. The zero-order valence-corrected chi connectivity index (χ0v) is 17.9. The summed E-state index contributed by atoms with van der Waals surface area (Å²) in [6, 6.07) is 6.10. The largest absolute Gasteiger partial charge is 0.378 e. The molecule has 1 atom stereocenters. The van der Waals surface area contributed by atoms with Gasteiger partial charge in [-0.3, -0.25) is 9.36 Å². The predicted molar refractivity (Wildman–Crippen MR) is 112 cm³/mol. The monoisotopic (exact) mass is 421 g/mol. The molecule has 0 spiro atoms. The summed E-state index contributed by atoms with van der Waals surface area (Å²) in [4.78, 5) is 14.7. The Bertz CT molecular complexity index is 806. The minimum atomic E-state index is -0.284. The lowest BCUT2D eigenvalue weighted by Gasteiger charge is -2.27. The lowest BCUT2D eigenvalue weighted by Crippen LogP contribution is -2.38. The van der Waals surface area contributed by atoms with Crippen LogP contribution in [0.4, 0.5) is 10.3 Å². The Labute approximate surface area is 175 Å². The maximum absolute atomic E-state index is 13.2. The summed E-state index contributed by atoms with van der Waals surface area (Å²) in [6.07, 6.45) is 0. The summed E-state index contributed by atoms with van der Waals surface area (Å²) in [5.74, 6) is 0.877. The summed E-state index contributed by atoms with van der Waals surface area (Å²) < 4.78 is 20.6. The van der Waals surface area contributed by atoms with Crippen LogP contribution < -0.4 is 10.2 Å². The molecule has 1 aromatic carbocycles. The lowest BCUT2D eigenvalue weighted by atomic mass is 9.96. The summed E-state index contributed by atoms with van der Waals surface area (Å²) in [5, 5.41) is 12.4. The number of ether oxygens (including phenoxy) is 1. The fraction of sp³-hybridized carbons (Fsp3) is 0.550. The second kappa shape index (κ2) is 10.1. The van der Waals surface area contributed by atoms with E-state index in [0.29, 0.717) is 13.2 Å². The average Bonchev–Trinajstić information content (AvgIpc) is 3.14. The molecule has 0 bridgehead atoms. The lowest BCUT2D eigenvalue weighted by molar-refractivity contribution is -0.119. The number of carbonyl (C=O) groups excluding carboxylic acids is 1. The highest BCUT2D eigenvalue weighted by molar-refractivity contribution is 7.99. The number of amides is 1. The highest BCUT2D eigenvalue weighted by Gasteiger charge is 2.22. The molecule has 158 valence electrons. The minimum absolute atomic E-state index is 0.0865. The molecule has 1 saturated heterocycles. The fourth-order valence-electron chi connectivity index (χ4n) is 3.31. The quantitative estimate of drug-likeness (QED) is 0.661. The molecule has 2 aromatic rings. The van der Waals surface area contributed by atoms with E-state index in [9.17, 15) is 9.18 Å². The molecule has 1 aromatic heterocycles. The Balaban J connectivity index is 1.62. The van der Waals surface area contributed by atoms with Gasteiger partial charge in [-0.2, -0.15) is 0 Å². The molecule has 2 heterocycles. The highest BCUT2D eigenvalue weighted by atomic mass is 32.2. The van der Waals surface area contributed by atoms with Gasteiger partial charge in [-0.25, -0.2) is 4.39 Å². The number of rotatable bonds is 8. The molecule has 0 aliphatic carbocycles. The van der Waals surface area contributed by atoms with Gasteiger partial charge in [0.2, 0.25) is 11.9 Å². The van der Waals surface area contributed by atoms with Gasteiger partial charge >= 0.3 is 0 Å². The van der Waals surface area contributed by atoms with Crippen LogP contribution in [0.1, 0.15) is 32.4 Å². The molecular weight excluding hydrogens is 393 g/mol. The van der Waals surface area contributed by atoms with E-state index in [2.05, 4.69) is 20.4 Å². The van der Waals surface area contributed by atoms with E-state index < -0.39 is 0 Å². The zero-order chi connectivity index (χ0) is 20.8. The average molecular weight is 422 g/mol. The molecule has 9 heteroatoms. The molecule has 7 nitrogen and oxygen atoms in total. The van der Waals surface area contributed by atoms with Crippen molar-refractivity contribution in [2.45, 2.75) is 38.5 Å². The number of aromatic nitrogens is 3. The first-order chi connectivity index (χ1) is 14.0. The van der Waals surface area contributed by atoms with E-state index in [1.165, 1.54) is 23.9 Å². The Hall–Kier alpha value is -2.13. The first kappa shape index (κ1) is 21.6. The molecule has 0 radical (unpaired) electrons. The van der Waals surface area contributed by atoms with E-state index in [1.54, 1.807) is 12.1 Å². The first-order valence-electron chi connectivity index (χ1n) is 9.93.